The summed E-state index contributed by atoms with van der Waals surface area (Å²) < 4.78 is 9.59. The molecule has 186 valence electrons. The van der Waals surface area contributed by atoms with Gasteiger partial charge in [-0.25, -0.2) is 19.6 Å². The molecule has 1 unspecified atom stereocenters. The number of rotatable bonds is 4. The van der Waals surface area contributed by atoms with E-state index in [9.17, 15) is 9.59 Å². The van der Waals surface area contributed by atoms with Gasteiger partial charge in [-0.15, -0.1) is 0 Å². The molecule has 2 aromatic rings. The highest BCUT2D eigenvalue weighted by molar-refractivity contribution is 7.80. The highest BCUT2D eigenvalue weighted by Crippen LogP contribution is 2.19. The number of esters is 2. The maximum atomic E-state index is 12.1. The van der Waals surface area contributed by atoms with Crippen molar-refractivity contribution in [2.45, 2.75) is 33.6 Å². The summed E-state index contributed by atoms with van der Waals surface area (Å²) in [6.45, 7) is 7.62. The number of piperidine rings is 1. The summed E-state index contributed by atoms with van der Waals surface area (Å²) in [5.41, 5.74) is 2.42. The molecule has 0 spiro atoms. The highest BCUT2D eigenvalue weighted by atomic mass is 32.1. The summed E-state index contributed by atoms with van der Waals surface area (Å²) in [6, 6.07) is 6.35. The van der Waals surface area contributed by atoms with Crippen LogP contribution in [0.5, 0.6) is 0 Å². The van der Waals surface area contributed by atoms with Crippen LogP contribution in [0.3, 0.4) is 0 Å². The third-order valence-corrected chi connectivity index (χ3v) is 5.59. The summed E-state index contributed by atoms with van der Waals surface area (Å²) in [5, 5.41) is 6.35. The lowest BCUT2D eigenvalue weighted by molar-refractivity contribution is 0.0599. The number of guanidine groups is 1. The van der Waals surface area contributed by atoms with E-state index in [0.29, 0.717) is 23.5 Å². The molecule has 1 saturated heterocycles. The molecule has 1 atom stereocenters. The Morgan fingerprint density at radius 1 is 1.03 bits per heavy atom. The molecular weight excluding hydrogens is 468 g/mol. The second-order valence-electron chi connectivity index (χ2n) is 8.44. The molecule has 1 aliphatic rings. The van der Waals surface area contributed by atoms with E-state index in [2.05, 4.69) is 37.4 Å². The molecule has 1 aliphatic heterocycles. The number of nitrogens with zero attached hydrogens (tertiary/aromatic N) is 4. The van der Waals surface area contributed by atoms with E-state index in [4.69, 9.17) is 21.7 Å². The first-order chi connectivity index (χ1) is 16.7. The number of methoxy groups -OCH3 is 2. The fraction of sp³-hybridized carbons (Fsp3) is 0.417. The van der Waals surface area contributed by atoms with Crippen molar-refractivity contribution < 1.29 is 19.1 Å². The van der Waals surface area contributed by atoms with E-state index < -0.39 is 11.9 Å². The average Bonchev–Trinajstić information content (AvgIpc) is 2.81. The van der Waals surface area contributed by atoms with Crippen molar-refractivity contribution in [1.82, 2.24) is 14.9 Å². The molecule has 0 aliphatic carbocycles. The highest BCUT2D eigenvalue weighted by Gasteiger charge is 2.21. The van der Waals surface area contributed by atoms with E-state index >= 15 is 0 Å². The average molecular weight is 499 g/mol. The predicted molar refractivity (Wildman–Crippen MR) is 138 cm³/mol. The zero-order chi connectivity index (χ0) is 25.5. The maximum Gasteiger partial charge on any atom is 0.337 e. The number of aryl methyl sites for hydroxylation is 2. The second kappa shape index (κ2) is 11.7. The number of likely N-dealkylation sites (tertiary alicyclic amines) is 1. The lowest BCUT2D eigenvalue weighted by atomic mass is 10.0. The van der Waals surface area contributed by atoms with Crippen LogP contribution in [0.1, 0.15) is 51.9 Å². The van der Waals surface area contributed by atoms with Gasteiger partial charge in [0, 0.05) is 30.2 Å². The van der Waals surface area contributed by atoms with Crippen LogP contribution >= 0.6 is 12.2 Å². The second-order valence-corrected chi connectivity index (χ2v) is 8.83. The quantitative estimate of drug-likeness (QED) is 0.280. The van der Waals surface area contributed by atoms with Gasteiger partial charge in [-0.3, -0.25) is 5.32 Å². The van der Waals surface area contributed by atoms with Crippen molar-refractivity contribution >= 4 is 46.9 Å². The smallest absolute Gasteiger partial charge is 0.337 e. The SMILES string of the molecule is COC(=O)c1cc(NC(=S)/N=C(/Nc2nc(C)cc(C)n2)N2CCCC(C)C2)cc(C(=O)OC)c1. The van der Waals surface area contributed by atoms with E-state index in [-0.39, 0.29) is 16.2 Å². The van der Waals surface area contributed by atoms with Gasteiger partial charge >= 0.3 is 11.9 Å². The number of anilines is 2. The Labute approximate surface area is 210 Å². The van der Waals surface area contributed by atoms with Crippen molar-refractivity contribution in [1.29, 1.82) is 0 Å². The largest absolute Gasteiger partial charge is 0.465 e. The van der Waals surface area contributed by atoms with Gasteiger partial charge in [0.2, 0.25) is 17.0 Å². The van der Waals surface area contributed by atoms with Crippen molar-refractivity contribution in [3.05, 3.63) is 46.8 Å². The number of carbonyl (C=O) groups is 2. The third-order valence-electron chi connectivity index (χ3n) is 5.40. The van der Waals surface area contributed by atoms with Crippen molar-refractivity contribution in [3.8, 4) is 0 Å². The molecular formula is C24H30N6O4S. The molecule has 1 aromatic heterocycles. The van der Waals surface area contributed by atoms with E-state index in [1.807, 2.05) is 19.9 Å². The number of carbonyl (C=O) groups excluding carboxylic acids is 2. The Bertz CT molecular complexity index is 1100. The zero-order valence-corrected chi connectivity index (χ0v) is 21.4. The van der Waals surface area contributed by atoms with Crippen LogP contribution in [0.25, 0.3) is 0 Å². The number of aromatic nitrogens is 2. The molecule has 10 nitrogen and oxygen atoms in total. The molecule has 1 aromatic carbocycles. The first kappa shape index (κ1) is 26.0. The predicted octanol–water partition coefficient (Wildman–Crippen LogP) is 3.56. The number of nitrogens with one attached hydrogen (secondary N) is 2. The van der Waals surface area contributed by atoms with Crippen LogP contribution in [0.4, 0.5) is 11.6 Å². The van der Waals surface area contributed by atoms with Crippen molar-refractivity contribution in [2.75, 3.05) is 37.9 Å². The van der Waals surface area contributed by atoms with Gasteiger partial charge in [0.1, 0.15) is 0 Å². The van der Waals surface area contributed by atoms with Gasteiger partial charge < -0.3 is 19.7 Å². The van der Waals surface area contributed by atoms with Gasteiger partial charge in [-0.05, 0) is 69.1 Å². The van der Waals surface area contributed by atoms with E-state index in [1.165, 1.54) is 32.4 Å². The molecule has 0 amide bonds. The lowest BCUT2D eigenvalue weighted by Crippen LogP contribution is -2.43. The topological polar surface area (TPSA) is 118 Å². The Hall–Kier alpha value is -3.60. The minimum Gasteiger partial charge on any atom is -0.465 e. The van der Waals surface area contributed by atoms with Crippen LogP contribution < -0.4 is 10.6 Å². The summed E-state index contributed by atoms with van der Waals surface area (Å²) in [5.74, 6) is 0.269. The Morgan fingerprint density at radius 3 is 2.17 bits per heavy atom. The minimum atomic E-state index is -0.593. The molecule has 0 radical (unpaired) electrons. The minimum absolute atomic E-state index is 0.132. The van der Waals surface area contributed by atoms with Gasteiger partial charge in [-0.2, -0.15) is 4.99 Å². The van der Waals surface area contributed by atoms with E-state index in [0.717, 1.165) is 37.3 Å². The number of aliphatic imine (C=N–C) groups is 1. The summed E-state index contributed by atoms with van der Waals surface area (Å²) in [4.78, 5) is 39.8. The molecule has 0 bridgehead atoms. The van der Waals surface area contributed by atoms with Crippen LogP contribution in [-0.4, -0.2) is 65.2 Å². The monoisotopic (exact) mass is 498 g/mol. The molecule has 0 saturated carbocycles. The standard InChI is InChI=1S/C24H30N6O4S/c1-14-7-6-8-30(13-14)23(28-22-25-15(2)9-16(3)26-22)29-24(35)27-19-11-17(20(31)33-4)10-18(12-19)21(32)34-5/h9-12,14H,6-8,13H2,1-5H3,(H2,25,26,27,28,29,35). The zero-order valence-electron chi connectivity index (χ0n) is 20.5. The van der Waals surface area contributed by atoms with Crippen LogP contribution in [0.15, 0.2) is 29.3 Å². The molecule has 2 heterocycles. The van der Waals surface area contributed by atoms with Crippen LogP contribution in [0, 0.1) is 19.8 Å². The Morgan fingerprint density at radius 2 is 1.63 bits per heavy atom. The maximum absolute atomic E-state index is 12.1. The molecule has 35 heavy (non-hydrogen) atoms. The number of thiocarbonyl (C=S) groups is 1. The van der Waals surface area contributed by atoms with Crippen LogP contribution in [-0.2, 0) is 9.47 Å². The van der Waals surface area contributed by atoms with Crippen molar-refractivity contribution in [3.63, 3.8) is 0 Å². The number of hydrogen-bond acceptors (Lipinski definition) is 7. The van der Waals surface area contributed by atoms with Crippen LogP contribution in [0.2, 0.25) is 0 Å². The number of benzene rings is 1. The molecule has 2 N–H and O–H groups in total. The molecule has 3 rings (SSSR count). The fourth-order valence-corrected chi connectivity index (χ4v) is 4.06. The van der Waals surface area contributed by atoms with E-state index in [1.54, 1.807) is 0 Å². The Balaban J connectivity index is 1.91. The molecule has 1 fully saturated rings. The summed E-state index contributed by atoms with van der Waals surface area (Å²) in [7, 11) is 2.53. The van der Waals surface area contributed by atoms with Gasteiger partial charge in [0.05, 0.1) is 25.3 Å². The van der Waals surface area contributed by atoms with Gasteiger partial charge in [-0.1, -0.05) is 6.92 Å². The number of hydrogen-bond donors (Lipinski definition) is 2. The normalized spacial score (nSPS) is 15.9. The van der Waals surface area contributed by atoms with Crippen molar-refractivity contribution in [2.24, 2.45) is 10.9 Å². The first-order valence-corrected chi connectivity index (χ1v) is 11.6. The lowest BCUT2D eigenvalue weighted by Gasteiger charge is -2.33. The third kappa shape index (κ3) is 7.19. The van der Waals surface area contributed by atoms with Gasteiger partial charge in [0.15, 0.2) is 0 Å². The Kier molecular flexibility index (Phi) is 8.69. The first-order valence-electron chi connectivity index (χ1n) is 11.2. The fourth-order valence-electron chi connectivity index (χ4n) is 3.86. The molecule has 11 heteroatoms. The summed E-state index contributed by atoms with van der Waals surface area (Å²) in [6.07, 6.45) is 2.17. The summed E-state index contributed by atoms with van der Waals surface area (Å²) >= 11 is 5.52. The number of ether oxygens (including phenoxy) is 2. The van der Waals surface area contributed by atoms with Gasteiger partial charge in [0.25, 0.3) is 0 Å².